The van der Waals surface area contributed by atoms with Crippen molar-refractivity contribution in [2.75, 3.05) is 18.4 Å². The second kappa shape index (κ2) is 9.20. The number of likely N-dealkylation sites (tertiary alicyclic amines) is 1. The lowest BCUT2D eigenvalue weighted by molar-refractivity contribution is 0.100. The molecule has 7 nitrogen and oxygen atoms in total. The molecule has 0 bridgehead atoms. The van der Waals surface area contributed by atoms with Gasteiger partial charge in [0.05, 0.1) is 5.56 Å². The highest BCUT2D eigenvalue weighted by Gasteiger charge is 2.25. The highest BCUT2D eigenvalue weighted by atomic mass is 32.1. The molecule has 4 rings (SSSR count). The van der Waals surface area contributed by atoms with Gasteiger partial charge in [-0.1, -0.05) is 42.5 Å². The Bertz CT molecular complexity index is 1080. The fourth-order valence-corrected chi connectivity index (χ4v) is 4.84. The van der Waals surface area contributed by atoms with E-state index in [1.54, 1.807) is 6.07 Å². The van der Waals surface area contributed by atoms with E-state index in [2.05, 4.69) is 34.5 Å². The van der Waals surface area contributed by atoms with Gasteiger partial charge in [0.1, 0.15) is 16.9 Å². The lowest BCUT2D eigenvalue weighted by atomic mass is 10.1. The highest BCUT2D eigenvalue weighted by Crippen LogP contribution is 2.40. The number of urea groups is 1. The summed E-state index contributed by atoms with van der Waals surface area (Å²) < 4.78 is 6.36. The van der Waals surface area contributed by atoms with E-state index in [9.17, 15) is 9.59 Å². The molecule has 1 unspecified atom stereocenters. The van der Waals surface area contributed by atoms with Crippen molar-refractivity contribution in [3.8, 4) is 16.2 Å². The number of hydrogen-bond donors (Lipinski definition) is 3. The van der Waals surface area contributed by atoms with Gasteiger partial charge >= 0.3 is 6.03 Å². The monoisotopic (exact) mass is 436 g/mol. The van der Waals surface area contributed by atoms with Crippen LogP contribution >= 0.6 is 11.3 Å². The third-order valence-corrected chi connectivity index (χ3v) is 6.24. The Hall–Kier alpha value is -3.36. The molecule has 5 N–H and O–H groups in total. The Morgan fingerprint density at radius 3 is 2.58 bits per heavy atom. The van der Waals surface area contributed by atoms with Crippen LogP contribution in [0.15, 0.2) is 60.7 Å². The van der Waals surface area contributed by atoms with Gasteiger partial charge in [-0.2, -0.15) is 0 Å². The van der Waals surface area contributed by atoms with Crippen LogP contribution in [0.1, 0.15) is 22.3 Å². The van der Waals surface area contributed by atoms with Crippen LogP contribution in [0.4, 0.5) is 9.80 Å². The maximum atomic E-state index is 11.8. The molecule has 1 fully saturated rings. The minimum atomic E-state index is -0.745. The van der Waals surface area contributed by atoms with Gasteiger partial charge in [-0.3, -0.25) is 15.0 Å². The molecule has 8 heteroatoms. The van der Waals surface area contributed by atoms with Gasteiger partial charge in [0.2, 0.25) is 0 Å². The van der Waals surface area contributed by atoms with Crippen molar-refractivity contribution in [3.63, 3.8) is 0 Å². The normalized spacial score (nSPS) is 16.2. The summed E-state index contributed by atoms with van der Waals surface area (Å²) in [4.78, 5) is 26.2. The lowest BCUT2D eigenvalue weighted by Crippen LogP contribution is -2.24. The summed E-state index contributed by atoms with van der Waals surface area (Å²) in [5.74, 6) is 0.106. The van der Waals surface area contributed by atoms with Gasteiger partial charge in [0.15, 0.2) is 0 Å². The quantitative estimate of drug-likeness (QED) is 0.525. The average Bonchev–Trinajstić information content (AvgIpc) is 3.36. The Labute approximate surface area is 184 Å². The molecule has 31 heavy (non-hydrogen) atoms. The van der Waals surface area contributed by atoms with Crippen molar-refractivity contribution >= 4 is 28.3 Å². The van der Waals surface area contributed by atoms with E-state index in [1.807, 2.05) is 30.3 Å². The number of nitrogens with zero attached hydrogens (tertiary/aromatic N) is 1. The summed E-state index contributed by atoms with van der Waals surface area (Å²) in [6, 6.07) is 19.0. The number of carbonyl (C=O) groups is 2. The summed E-state index contributed by atoms with van der Waals surface area (Å²) in [7, 11) is 0. The summed E-state index contributed by atoms with van der Waals surface area (Å²) in [5.41, 5.74) is 13.0. The van der Waals surface area contributed by atoms with Gasteiger partial charge in [0.25, 0.3) is 5.91 Å². The lowest BCUT2D eigenvalue weighted by Gasteiger charge is -2.18. The zero-order chi connectivity index (χ0) is 21.8. The summed E-state index contributed by atoms with van der Waals surface area (Å²) in [6.07, 6.45) is 1.01. The molecule has 1 aromatic heterocycles. The number of rotatable bonds is 7. The van der Waals surface area contributed by atoms with Gasteiger partial charge in [-0.05, 0) is 30.2 Å². The van der Waals surface area contributed by atoms with E-state index >= 15 is 0 Å². The molecule has 1 aliphatic rings. The molecule has 0 radical (unpaired) electrons. The Morgan fingerprint density at radius 2 is 1.84 bits per heavy atom. The first-order valence-electron chi connectivity index (χ1n) is 10.0. The number of thiophene rings is 1. The Balaban J connectivity index is 1.51. The number of carbonyl (C=O) groups excluding carboxylic acids is 2. The van der Waals surface area contributed by atoms with Crippen LogP contribution in [0.2, 0.25) is 0 Å². The van der Waals surface area contributed by atoms with Gasteiger partial charge in [-0.15, -0.1) is 11.3 Å². The van der Waals surface area contributed by atoms with Crippen LogP contribution in [-0.2, 0) is 6.54 Å². The van der Waals surface area contributed by atoms with Gasteiger partial charge in [-0.25, -0.2) is 4.79 Å². The first-order chi connectivity index (χ1) is 15.0. The molecule has 1 aliphatic heterocycles. The number of para-hydroxylation sites is 1. The molecule has 0 spiro atoms. The molecule has 0 aliphatic carbocycles. The zero-order valence-corrected chi connectivity index (χ0v) is 17.7. The number of benzene rings is 2. The molecule has 3 aromatic rings. The van der Waals surface area contributed by atoms with Crippen molar-refractivity contribution in [2.24, 2.45) is 11.5 Å². The van der Waals surface area contributed by atoms with Crippen molar-refractivity contribution in [1.82, 2.24) is 4.90 Å². The van der Waals surface area contributed by atoms with E-state index in [4.69, 9.17) is 16.2 Å². The molecular formula is C23H24N4O3S. The van der Waals surface area contributed by atoms with Crippen LogP contribution in [-0.4, -0.2) is 36.0 Å². The number of anilines is 1. The summed E-state index contributed by atoms with van der Waals surface area (Å²) in [5, 5.41) is 2.81. The van der Waals surface area contributed by atoms with E-state index in [-0.39, 0.29) is 11.7 Å². The van der Waals surface area contributed by atoms with Crippen molar-refractivity contribution in [1.29, 1.82) is 0 Å². The van der Waals surface area contributed by atoms with Gasteiger partial charge < -0.3 is 16.2 Å². The third kappa shape index (κ3) is 5.04. The molecule has 1 saturated heterocycles. The molecule has 0 saturated carbocycles. The fourth-order valence-electron chi connectivity index (χ4n) is 3.74. The number of primary amides is 2. The average molecular weight is 437 g/mol. The van der Waals surface area contributed by atoms with Crippen LogP contribution in [0.5, 0.6) is 5.75 Å². The van der Waals surface area contributed by atoms with E-state index in [1.165, 1.54) is 16.9 Å². The number of amides is 3. The smallest absolute Gasteiger partial charge is 0.317 e. The SMILES string of the molecule is NC(=O)Nc1sc(-c2ccccc2OC2CCN(Cc3ccccc3)C2)cc1C(N)=O. The van der Waals surface area contributed by atoms with Crippen molar-refractivity contribution in [2.45, 2.75) is 19.1 Å². The first kappa shape index (κ1) is 20.9. The molecule has 2 aromatic carbocycles. The second-order valence-electron chi connectivity index (χ2n) is 7.45. The van der Waals surface area contributed by atoms with E-state index < -0.39 is 11.9 Å². The largest absolute Gasteiger partial charge is 0.488 e. The van der Waals surface area contributed by atoms with Crippen LogP contribution in [0.25, 0.3) is 10.4 Å². The molecule has 160 valence electrons. The van der Waals surface area contributed by atoms with Crippen LogP contribution < -0.4 is 21.5 Å². The zero-order valence-electron chi connectivity index (χ0n) is 16.9. The Kier molecular flexibility index (Phi) is 6.20. The second-order valence-corrected chi connectivity index (χ2v) is 8.50. The molecule has 2 heterocycles. The highest BCUT2D eigenvalue weighted by molar-refractivity contribution is 7.20. The van der Waals surface area contributed by atoms with Crippen molar-refractivity contribution < 1.29 is 14.3 Å². The van der Waals surface area contributed by atoms with E-state index in [0.717, 1.165) is 42.2 Å². The van der Waals surface area contributed by atoms with Crippen LogP contribution in [0, 0.1) is 0 Å². The first-order valence-corrected chi connectivity index (χ1v) is 10.8. The minimum absolute atomic E-state index is 0.0728. The molecule has 3 amide bonds. The number of nitrogens with one attached hydrogen (secondary N) is 1. The summed E-state index contributed by atoms with van der Waals surface area (Å²) >= 11 is 1.24. The summed E-state index contributed by atoms with van der Waals surface area (Å²) in [6.45, 7) is 2.71. The number of hydrogen-bond acceptors (Lipinski definition) is 5. The number of ether oxygens (including phenoxy) is 1. The minimum Gasteiger partial charge on any atom is -0.488 e. The van der Waals surface area contributed by atoms with E-state index in [0.29, 0.717) is 5.00 Å². The standard InChI is InChI=1S/C23H24N4O3S/c24-21(28)18-12-20(31-22(18)26-23(25)29)17-8-4-5-9-19(17)30-16-10-11-27(14-16)13-15-6-2-1-3-7-15/h1-9,12,16H,10-11,13-14H2,(H2,24,28)(H3,25,26,29). The maximum Gasteiger partial charge on any atom is 0.317 e. The molecule has 1 atom stereocenters. The maximum absolute atomic E-state index is 11.8. The van der Waals surface area contributed by atoms with Gasteiger partial charge in [0, 0.05) is 30.1 Å². The van der Waals surface area contributed by atoms with Crippen LogP contribution in [0.3, 0.4) is 0 Å². The predicted octanol–water partition coefficient (Wildman–Crippen LogP) is 3.66. The topological polar surface area (TPSA) is 111 Å². The Morgan fingerprint density at radius 1 is 1.10 bits per heavy atom. The number of nitrogens with two attached hydrogens (primary N) is 2. The predicted molar refractivity (Wildman–Crippen MR) is 122 cm³/mol. The molecular weight excluding hydrogens is 412 g/mol. The third-order valence-electron chi connectivity index (χ3n) is 5.16. The van der Waals surface area contributed by atoms with Crippen molar-refractivity contribution in [3.05, 3.63) is 71.8 Å². The fraction of sp³-hybridized carbons (Fsp3) is 0.217.